The molecule has 1 heterocycles. The Bertz CT molecular complexity index is 1120. The quantitative estimate of drug-likeness (QED) is 0.313. The van der Waals surface area contributed by atoms with Crippen LogP contribution < -0.4 is 5.43 Å². The molecule has 2 aromatic carbocycles. The van der Waals surface area contributed by atoms with Crippen LogP contribution >= 0.6 is 27.7 Å². The van der Waals surface area contributed by atoms with E-state index in [2.05, 4.69) is 108 Å². The Morgan fingerprint density at radius 3 is 2.42 bits per heavy atom. The van der Waals surface area contributed by atoms with Crippen LogP contribution in [0.4, 0.5) is 0 Å². The van der Waals surface area contributed by atoms with Crippen molar-refractivity contribution in [2.75, 3.05) is 5.75 Å². The zero-order valence-corrected chi connectivity index (χ0v) is 21.0. The summed E-state index contributed by atoms with van der Waals surface area (Å²) >= 11 is 5.28. The number of nitrogens with zero attached hydrogens (tertiary/aromatic N) is 2. The molecule has 1 N–H and O–H groups in total. The Morgan fingerprint density at radius 2 is 1.71 bits per heavy atom. The number of carbonyl (C=O) groups is 1. The lowest BCUT2D eigenvalue weighted by molar-refractivity contribution is -0.118. The van der Waals surface area contributed by atoms with Crippen LogP contribution in [-0.4, -0.2) is 22.4 Å². The van der Waals surface area contributed by atoms with Crippen LogP contribution in [0.3, 0.4) is 0 Å². The van der Waals surface area contributed by atoms with Gasteiger partial charge in [-0.2, -0.15) is 5.10 Å². The second-order valence-electron chi connectivity index (χ2n) is 7.80. The minimum absolute atomic E-state index is 0.104. The highest BCUT2D eigenvalue weighted by Crippen LogP contribution is 2.31. The van der Waals surface area contributed by atoms with Gasteiger partial charge in [0, 0.05) is 32.9 Å². The van der Waals surface area contributed by atoms with E-state index in [1.54, 1.807) is 18.0 Å². The van der Waals surface area contributed by atoms with E-state index in [0.717, 1.165) is 32.9 Å². The van der Waals surface area contributed by atoms with E-state index in [9.17, 15) is 4.79 Å². The number of aromatic nitrogens is 1. The number of amides is 1. The molecule has 0 spiro atoms. The molecule has 0 aliphatic carbocycles. The summed E-state index contributed by atoms with van der Waals surface area (Å²) in [5.41, 5.74) is 11.8. The van der Waals surface area contributed by atoms with Crippen molar-refractivity contribution in [2.45, 2.75) is 40.4 Å². The van der Waals surface area contributed by atoms with Crippen molar-refractivity contribution in [1.29, 1.82) is 0 Å². The van der Waals surface area contributed by atoms with Crippen LogP contribution in [0.25, 0.3) is 5.69 Å². The van der Waals surface area contributed by atoms with Crippen molar-refractivity contribution in [1.82, 2.24) is 9.99 Å². The first-order chi connectivity index (χ1) is 14.8. The van der Waals surface area contributed by atoms with E-state index >= 15 is 0 Å². The number of benzene rings is 2. The molecule has 3 aromatic rings. The van der Waals surface area contributed by atoms with E-state index in [1.807, 2.05) is 0 Å². The first-order valence-electron chi connectivity index (χ1n) is 10.2. The predicted molar refractivity (Wildman–Crippen MR) is 135 cm³/mol. The number of hydrazone groups is 1. The molecule has 162 valence electrons. The van der Waals surface area contributed by atoms with E-state index in [-0.39, 0.29) is 5.91 Å². The molecule has 31 heavy (non-hydrogen) atoms. The second kappa shape index (κ2) is 10.3. The van der Waals surface area contributed by atoms with Gasteiger partial charge in [-0.15, -0.1) is 11.8 Å². The van der Waals surface area contributed by atoms with Gasteiger partial charge in [0.15, 0.2) is 0 Å². The SMILES string of the molecule is Cc1ccc(CSCC(=O)N/N=C\c2c(Br)c(C)n(-c3cc(C)ccc3C)c2C)cc1. The summed E-state index contributed by atoms with van der Waals surface area (Å²) in [7, 11) is 0. The summed E-state index contributed by atoms with van der Waals surface area (Å²) in [6.07, 6.45) is 1.72. The lowest BCUT2D eigenvalue weighted by Crippen LogP contribution is -2.19. The van der Waals surface area contributed by atoms with Gasteiger partial charge in [-0.1, -0.05) is 42.0 Å². The summed E-state index contributed by atoms with van der Waals surface area (Å²) in [5, 5.41) is 4.21. The summed E-state index contributed by atoms with van der Waals surface area (Å²) < 4.78 is 3.21. The lowest BCUT2D eigenvalue weighted by Gasteiger charge is -2.13. The topological polar surface area (TPSA) is 46.4 Å². The number of rotatable bonds is 7. The third kappa shape index (κ3) is 5.69. The van der Waals surface area contributed by atoms with Gasteiger partial charge < -0.3 is 4.57 Å². The van der Waals surface area contributed by atoms with Crippen molar-refractivity contribution >= 4 is 39.8 Å². The largest absolute Gasteiger partial charge is 0.316 e. The van der Waals surface area contributed by atoms with Crippen LogP contribution in [0, 0.1) is 34.6 Å². The molecule has 0 saturated carbocycles. The molecule has 1 amide bonds. The number of aryl methyl sites for hydroxylation is 3. The molecule has 0 fully saturated rings. The molecule has 0 saturated heterocycles. The molecule has 0 unspecified atom stereocenters. The number of halogens is 1. The molecule has 1 aromatic heterocycles. The molecule has 6 heteroatoms. The molecule has 0 atom stereocenters. The summed E-state index contributed by atoms with van der Waals surface area (Å²) in [6.45, 7) is 10.4. The smallest absolute Gasteiger partial charge is 0.250 e. The third-order valence-electron chi connectivity index (χ3n) is 5.23. The number of nitrogens with one attached hydrogen (secondary N) is 1. The molecular formula is C25H28BrN3OS. The Morgan fingerprint density at radius 1 is 1.03 bits per heavy atom. The fourth-order valence-corrected chi connectivity index (χ4v) is 4.79. The van der Waals surface area contributed by atoms with Crippen LogP contribution in [-0.2, 0) is 10.5 Å². The van der Waals surface area contributed by atoms with Gasteiger partial charge in [0.25, 0.3) is 0 Å². The zero-order valence-electron chi connectivity index (χ0n) is 18.6. The van der Waals surface area contributed by atoms with Gasteiger partial charge in [-0.25, -0.2) is 5.43 Å². The maximum absolute atomic E-state index is 12.2. The van der Waals surface area contributed by atoms with Crippen LogP contribution in [0.1, 0.15) is 39.2 Å². The number of hydrogen-bond acceptors (Lipinski definition) is 3. The van der Waals surface area contributed by atoms with Crippen LogP contribution in [0.15, 0.2) is 52.0 Å². The maximum Gasteiger partial charge on any atom is 0.250 e. The molecular weight excluding hydrogens is 470 g/mol. The van der Waals surface area contributed by atoms with E-state index < -0.39 is 0 Å². The molecule has 0 aliphatic rings. The molecule has 4 nitrogen and oxygen atoms in total. The number of thioether (sulfide) groups is 1. The zero-order chi connectivity index (χ0) is 22.5. The van der Waals surface area contributed by atoms with Gasteiger partial charge in [-0.3, -0.25) is 4.79 Å². The van der Waals surface area contributed by atoms with Crippen molar-refractivity contribution in [3.05, 3.63) is 86.1 Å². The highest BCUT2D eigenvalue weighted by molar-refractivity contribution is 9.10. The Labute approximate surface area is 197 Å². The number of carbonyl (C=O) groups excluding carboxylic acids is 1. The van der Waals surface area contributed by atoms with Crippen molar-refractivity contribution in [3.63, 3.8) is 0 Å². The highest BCUT2D eigenvalue weighted by Gasteiger charge is 2.17. The fourth-order valence-electron chi connectivity index (χ4n) is 3.44. The van der Waals surface area contributed by atoms with Gasteiger partial charge in [0.1, 0.15) is 0 Å². The Hall–Kier alpha value is -2.31. The van der Waals surface area contributed by atoms with E-state index in [0.29, 0.717) is 5.75 Å². The fraction of sp³-hybridized carbons (Fsp3) is 0.280. The van der Waals surface area contributed by atoms with Gasteiger partial charge >= 0.3 is 0 Å². The van der Waals surface area contributed by atoms with E-state index in [1.165, 1.54) is 22.3 Å². The monoisotopic (exact) mass is 497 g/mol. The minimum Gasteiger partial charge on any atom is -0.316 e. The normalized spacial score (nSPS) is 11.3. The molecule has 0 bridgehead atoms. The maximum atomic E-state index is 12.2. The average Bonchev–Trinajstić information content (AvgIpc) is 2.94. The van der Waals surface area contributed by atoms with Crippen LogP contribution in [0.5, 0.6) is 0 Å². The molecule has 0 aliphatic heterocycles. The lowest BCUT2D eigenvalue weighted by atomic mass is 10.1. The Balaban J connectivity index is 1.65. The van der Waals surface area contributed by atoms with Gasteiger partial charge in [0.05, 0.1) is 12.0 Å². The highest BCUT2D eigenvalue weighted by atomic mass is 79.9. The summed E-state index contributed by atoms with van der Waals surface area (Å²) in [5.74, 6) is 1.07. The van der Waals surface area contributed by atoms with Gasteiger partial charge in [-0.05, 0) is 73.3 Å². The summed E-state index contributed by atoms with van der Waals surface area (Å²) in [4.78, 5) is 12.2. The molecule has 0 radical (unpaired) electrons. The van der Waals surface area contributed by atoms with Crippen LogP contribution in [0.2, 0.25) is 0 Å². The number of hydrogen-bond donors (Lipinski definition) is 1. The van der Waals surface area contributed by atoms with Gasteiger partial charge in [0.2, 0.25) is 5.91 Å². The average molecular weight is 498 g/mol. The first-order valence-corrected chi connectivity index (χ1v) is 12.1. The predicted octanol–water partition coefficient (Wildman–Crippen LogP) is 6.17. The van der Waals surface area contributed by atoms with Crippen molar-refractivity contribution < 1.29 is 4.79 Å². The van der Waals surface area contributed by atoms with E-state index in [4.69, 9.17) is 0 Å². The Kier molecular flexibility index (Phi) is 7.79. The van der Waals surface area contributed by atoms with Crippen molar-refractivity contribution in [2.24, 2.45) is 5.10 Å². The third-order valence-corrected chi connectivity index (χ3v) is 7.23. The second-order valence-corrected chi connectivity index (χ2v) is 9.57. The first kappa shape index (κ1) is 23.4. The summed E-state index contributed by atoms with van der Waals surface area (Å²) in [6, 6.07) is 14.8. The minimum atomic E-state index is -0.104. The molecule has 3 rings (SSSR count). The van der Waals surface area contributed by atoms with Crippen molar-refractivity contribution in [3.8, 4) is 5.69 Å². The standard InChI is InChI=1S/C25H28BrN3OS/c1-16-7-10-21(11-8-16)14-31-15-24(30)28-27-13-22-19(4)29(20(5)25(22)26)23-12-17(2)6-9-18(23)3/h6-13H,14-15H2,1-5H3,(H,28,30)/b27-13-.